The molecule has 1 fully saturated rings. The van der Waals surface area contributed by atoms with E-state index in [1.54, 1.807) is 25.1 Å². The fourth-order valence-electron chi connectivity index (χ4n) is 3.77. The second-order valence-electron chi connectivity index (χ2n) is 9.12. The molecule has 14 heteroatoms. The Labute approximate surface area is 235 Å². The lowest BCUT2D eigenvalue weighted by atomic mass is 10.1. The first kappa shape index (κ1) is 30.5. The third-order valence-corrected chi connectivity index (χ3v) is 6.10. The molecule has 1 aromatic heterocycles. The van der Waals surface area contributed by atoms with Crippen molar-refractivity contribution in [3.63, 3.8) is 0 Å². The molecule has 1 aliphatic carbocycles. The summed E-state index contributed by atoms with van der Waals surface area (Å²) in [6.45, 7) is 5.00. The minimum atomic E-state index is -1.17. The van der Waals surface area contributed by atoms with E-state index in [9.17, 15) is 24.0 Å². The van der Waals surface area contributed by atoms with Gasteiger partial charge in [-0.15, -0.1) is 0 Å². The van der Waals surface area contributed by atoms with Crippen molar-refractivity contribution in [2.75, 3.05) is 13.3 Å². The van der Waals surface area contributed by atoms with Gasteiger partial charge >= 0.3 is 18.0 Å². The lowest BCUT2D eigenvalue weighted by Crippen LogP contribution is -2.39. The lowest BCUT2D eigenvalue weighted by molar-refractivity contribution is -0.154. The Morgan fingerprint density at radius 2 is 1.90 bits per heavy atom. The number of amides is 3. The van der Waals surface area contributed by atoms with Crippen LogP contribution in [0.4, 0.5) is 10.5 Å². The Bertz CT molecular complexity index is 1390. The first-order chi connectivity index (χ1) is 19.6. The van der Waals surface area contributed by atoms with Crippen LogP contribution < -0.4 is 11.1 Å². The number of rotatable bonds is 11. The number of benzene rings is 1. The lowest BCUT2D eigenvalue weighted by Gasteiger charge is -2.19. The summed E-state index contributed by atoms with van der Waals surface area (Å²) in [6.07, 6.45) is 1.83. The van der Waals surface area contributed by atoms with Gasteiger partial charge in [0.1, 0.15) is 0 Å². The van der Waals surface area contributed by atoms with Crippen LogP contribution in [0.2, 0.25) is 0 Å². The number of carbonyl (C=O) groups is 5. The Balaban J connectivity index is 1.82. The number of H-pyrrole nitrogens is 1. The zero-order valence-corrected chi connectivity index (χ0v) is 22.9. The van der Waals surface area contributed by atoms with Crippen LogP contribution in [0.1, 0.15) is 70.1 Å². The number of amidine groups is 1. The fraction of sp³-hybridized carbons (Fsp3) is 0.370. The van der Waals surface area contributed by atoms with Crippen molar-refractivity contribution < 1.29 is 38.6 Å². The normalized spacial score (nSPS) is 13.1. The monoisotopic (exact) mass is 568 g/mol. The molecule has 41 heavy (non-hydrogen) atoms. The van der Waals surface area contributed by atoms with E-state index in [0.29, 0.717) is 41.9 Å². The number of carboxylic acid groups (broad SMARTS) is 1. The van der Waals surface area contributed by atoms with Crippen LogP contribution >= 0.6 is 0 Å². The van der Waals surface area contributed by atoms with Crippen molar-refractivity contribution in [2.45, 2.75) is 52.5 Å². The molecule has 3 rings (SSSR count). The molecule has 218 valence electrons. The van der Waals surface area contributed by atoms with Crippen molar-refractivity contribution in [1.29, 1.82) is 0 Å². The number of nitrogens with two attached hydrogens (primary N) is 1. The molecule has 1 aliphatic rings. The number of aliphatic imine (C=N–C) groups is 2. The van der Waals surface area contributed by atoms with Crippen LogP contribution in [0.5, 0.6) is 0 Å². The van der Waals surface area contributed by atoms with Gasteiger partial charge in [-0.05, 0) is 56.9 Å². The summed E-state index contributed by atoms with van der Waals surface area (Å²) in [6, 6.07) is 4.68. The van der Waals surface area contributed by atoms with E-state index in [1.807, 2.05) is 13.8 Å². The number of aromatic amines is 1. The van der Waals surface area contributed by atoms with E-state index in [1.165, 1.54) is 6.20 Å². The zero-order chi connectivity index (χ0) is 30.1. The van der Waals surface area contributed by atoms with Crippen LogP contribution in [0, 0.1) is 13.8 Å². The Morgan fingerprint density at radius 3 is 2.54 bits per heavy atom. The SMILES string of the molecule is CCNC(=O)c1ccc(C)c(N=C(N=CN)c2[nH]cc(C(=O)N(C(=O)OCOC(=O)CCC(=O)O)C3CC3)c2C)c1. The summed E-state index contributed by atoms with van der Waals surface area (Å²) < 4.78 is 9.70. The number of hydrogen-bond acceptors (Lipinski definition) is 8. The number of aromatic nitrogens is 1. The Morgan fingerprint density at radius 1 is 1.17 bits per heavy atom. The second-order valence-corrected chi connectivity index (χ2v) is 9.12. The molecule has 1 saturated carbocycles. The molecule has 0 saturated heterocycles. The number of ether oxygens (including phenoxy) is 2. The first-order valence-corrected chi connectivity index (χ1v) is 12.8. The number of carbonyl (C=O) groups excluding carboxylic acids is 4. The van der Waals surface area contributed by atoms with Gasteiger partial charge in [0, 0.05) is 24.3 Å². The molecule has 3 amide bonds. The molecule has 0 spiro atoms. The van der Waals surface area contributed by atoms with Crippen LogP contribution in [0.25, 0.3) is 0 Å². The minimum absolute atomic E-state index is 0.147. The summed E-state index contributed by atoms with van der Waals surface area (Å²) in [5.74, 6) is -2.76. The second kappa shape index (κ2) is 13.9. The van der Waals surface area contributed by atoms with Gasteiger partial charge in [-0.1, -0.05) is 6.07 Å². The number of carboxylic acids is 1. The minimum Gasteiger partial charge on any atom is -0.481 e. The van der Waals surface area contributed by atoms with Gasteiger partial charge in [-0.25, -0.2) is 19.7 Å². The summed E-state index contributed by atoms with van der Waals surface area (Å²) in [7, 11) is 0. The smallest absolute Gasteiger partial charge is 0.419 e. The number of aliphatic carboxylic acids is 1. The third-order valence-electron chi connectivity index (χ3n) is 6.10. The zero-order valence-electron chi connectivity index (χ0n) is 22.9. The maximum absolute atomic E-state index is 13.4. The average Bonchev–Trinajstić information content (AvgIpc) is 3.68. The van der Waals surface area contributed by atoms with E-state index >= 15 is 0 Å². The van der Waals surface area contributed by atoms with Crippen LogP contribution in [0.3, 0.4) is 0 Å². The molecule has 0 unspecified atom stereocenters. The van der Waals surface area contributed by atoms with E-state index in [2.05, 4.69) is 20.3 Å². The molecule has 0 aliphatic heterocycles. The van der Waals surface area contributed by atoms with Crippen molar-refractivity contribution >= 4 is 47.7 Å². The van der Waals surface area contributed by atoms with Gasteiger partial charge in [0.05, 0.1) is 36.1 Å². The summed E-state index contributed by atoms with van der Waals surface area (Å²) in [5, 5.41) is 11.4. The molecular weight excluding hydrogens is 536 g/mol. The van der Waals surface area contributed by atoms with Gasteiger partial charge in [0.15, 0.2) is 5.84 Å². The topological polar surface area (TPSA) is 206 Å². The number of nitrogens with one attached hydrogen (secondary N) is 2. The quantitative estimate of drug-likeness (QED) is 0.136. The first-order valence-electron chi connectivity index (χ1n) is 12.8. The molecule has 1 heterocycles. The summed E-state index contributed by atoms with van der Waals surface area (Å²) in [5.41, 5.74) is 8.21. The molecular formula is C27H32N6O8. The van der Waals surface area contributed by atoms with Gasteiger partial charge in [0.25, 0.3) is 11.8 Å². The standard InChI is InChI=1S/C27H32N6O8/c1-4-29-25(37)17-6-5-15(2)20(11-17)32-24(31-13-28)23-16(3)19(12-30-23)26(38)33(18-7-8-18)27(39)41-14-40-22(36)10-9-21(34)35/h5-6,11-13,18,30H,4,7-10,14H2,1-3H3,(H,29,37)(H,34,35)(H2,28,31,32). The highest BCUT2D eigenvalue weighted by atomic mass is 16.7. The van der Waals surface area contributed by atoms with Crippen molar-refractivity contribution in [3.8, 4) is 0 Å². The highest BCUT2D eigenvalue weighted by Crippen LogP contribution is 2.30. The predicted octanol–water partition coefficient (Wildman–Crippen LogP) is 2.55. The third kappa shape index (κ3) is 8.00. The van der Waals surface area contributed by atoms with E-state index < -0.39 is 37.2 Å². The van der Waals surface area contributed by atoms with Gasteiger partial charge < -0.3 is 30.6 Å². The molecule has 1 aromatic carbocycles. The maximum Gasteiger partial charge on any atom is 0.419 e. The number of nitrogens with zero attached hydrogens (tertiary/aromatic N) is 3. The fourth-order valence-corrected chi connectivity index (χ4v) is 3.77. The average molecular weight is 569 g/mol. The Hall–Kier alpha value is -5.01. The molecule has 0 atom stereocenters. The molecule has 2 aromatic rings. The highest BCUT2D eigenvalue weighted by molar-refractivity contribution is 6.09. The number of esters is 1. The van der Waals surface area contributed by atoms with Crippen molar-refractivity contribution in [3.05, 3.63) is 52.3 Å². The summed E-state index contributed by atoms with van der Waals surface area (Å²) in [4.78, 5) is 73.3. The number of imide groups is 1. The summed E-state index contributed by atoms with van der Waals surface area (Å²) >= 11 is 0. The largest absolute Gasteiger partial charge is 0.481 e. The Kier molecular flexibility index (Phi) is 10.3. The predicted molar refractivity (Wildman–Crippen MR) is 147 cm³/mol. The van der Waals surface area contributed by atoms with E-state index in [4.69, 9.17) is 20.3 Å². The van der Waals surface area contributed by atoms with Gasteiger partial charge in [-0.2, -0.15) is 0 Å². The van der Waals surface area contributed by atoms with Gasteiger partial charge in [-0.3, -0.25) is 19.2 Å². The van der Waals surface area contributed by atoms with Crippen molar-refractivity contribution in [1.82, 2.24) is 15.2 Å². The molecule has 14 nitrogen and oxygen atoms in total. The van der Waals surface area contributed by atoms with Crippen LogP contribution in [-0.2, 0) is 19.1 Å². The van der Waals surface area contributed by atoms with E-state index in [0.717, 1.165) is 16.8 Å². The number of aryl methyl sites for hydroxylation is 1. The highest BCUT2D eigenvalue weighted by Gasteiger charge is 2.40. The molecule has 0 bridgehead atoms. The van der Waals surface area contributed by atoms with Crippen LogP contribution in [0.15, 0.2) is 34.4 Å². The van der Waals surface area contributed by atoms with Gasteiger partial charge in [0.2, 0.25) is 6.79 Å². The molecule has 0 radical (unpaired) electrons. The number of hydrogen-bond donors (Lipinski definition) is 4. The maximum atomic E-state index is 13.4. The van der Waals surface area contributed by atoms with E-state index in [-0.39, 0.29) is 29.8 Å². The van der Waals surface area contributed by atoms with Crippen LogP contribution in [-0.4, -0.2) is 76.4 Å². The van der Waals surface area contributed by atoms with Crippen molar-refractivity contribution in [2.24, 2.45) is 15.7 Å². The molecule has 5 N–H and O–H groups in total.